The SMILES string of the molecule is NC[C@@H]1CCN(I)C1. The summed E-state index contributed by atoms with van der Waals surface area (Å²) in [5.74, 6) is 0.770. The van der Waals surface area contributed by atoms with Crippen molar-refractivity contribution in [1.82, 2.24) is 3.11 Å². The third-order valence-electron chi connectivity index (χ3n) is 1.57. The lowest BCUT2D eigenvalue weighted by Gasteiger charge is -2.03. The summed E-state index contributed by atoms with van der Waals surface area (Å²) in [7, 11) is 0. The Balaban J connectivity index is 2.22. The zero-order chi connectivity index (χ0) is 5.98. The third kappa shape index (κ3) is 1.56. The number of hydrogen-bond donors (Lipinski definition) is 1. The average Bonchev–Trinajstić information content (AvgIpc) is 2.14. The molecule has 3 heteroatoms. The minimum absolute atomic E-state index is 0.770. The van der Waals surface area contributed by atoms with E-state index in [1.165, 1.54) is 19.5 Å². The summed E-state index contributed by atoms with van der Waals surface area (Å²) in [5.41, 5.74) is 5.47. The van der Waals surface area contributed by atoms with Crippen LogP contribution < -0.4 is 5.73 Å². The summed E-state index contributed by atoms with van der Waals surface area (Å²) in [6.45, 7) is 3.28. The van der Waals surface area contributed by atoms with Crippen molar-refractivity contribution in [3.8, 4) is 0 Å². The van der Waals surface area contributed by atoms with Gasteiger partial charge in [-0.15, -0.1) is 0 Å². The number of rotatable bonds is 1. The molecule has 0 amide bonds. The smallest absolute Gasteiger partial charge is 0.0201 e. The summed E-state index contributed by atoms with van der Waals surface area (Å²) < 4.78 is 2.30. The molecule has 1 fully saturated rings. The maximum Gasteiger partial charge on any atom is 0.0201 e. The second-order valence-electron chi connectivity index (χ2n) is 2.26. The van der Waals surface area contributed by atoms with Crippen LogP contribution in [-0.4, -0.2) is 22.7 Å². The second kappa shape index (κ2) is 2.98. The Morgan fingerprint density at radius 2 is 2.50 bits per heavy atom. The molecule has 0 bridgehead atoms. The van der Waals surface area contributed by atoms with Crippen LogP contribution in [-0.2, 0) is 0 Å². The molecule has 0 spiro atoms. The molecule has 2 nitrogen and oxygen atoms in total. The van der Waals surface area contributed by atoms with Crippen LogP contribution in [0.3, 0.4) is 0 Å². The van der Waals surface area contributed by atoms with Gasteiger partial charge in [-0.3, -0.25) is 0 Å². The molecule has 1 aliphatic heterocycles. The molecule has 48 valence electrons. The fraction of sp³-hybridized carbons (Fsp3) is 1.00. The van der Waals surface area contributed by atoms with Crippen LogP contribution in [0.5, 0.6) is 0 Å². The van der Waals surface area contributed by atoms with Crippen molar-refractivity contribution in [3.63, 3.8) is 0 Å². The van der Waals surface area contributed by atoms with Gasteiger partial charge in [0.05, 0.1) is 0 Å². The summed E-state index contributed by atoms with van der Waals surface area (Å²) in [6, 6.07) is 0. The summed E-state index contributed by atoms with van der Waals surface area (Å²) >= 11 is 2.35. The van der Waals surface area contributed by atoms with Crippen molar-refractivity contribution in [2.45, 2.75) is 6.42 Å². The van der Waals surface area contributed by atoms with E-state index in [1.54, 1.807) is 0 Å². The Morgan fingerprint density at radius 3 is 2.75 bits per heavy atom. The van der Waals surface area contributed by atoms with Crippen LogP contribution in [0, 0.1) is 5.92 Å². The van der Waals surface area contributed by atoms with Crippen molar-refractivity contribution < 1.29 is 0 Å². The lowest BCUT2D eigenvalue weighted by molar-refractivity contribution is 0.554. The van der Waals surface area contributed by atoms with Crippen molar-refractivity contribution in [1.29, 1.82) is 0 Å². The van der Waals surface area contributed by atoms with E-state index in [0.29, 0.717) is 0 Å². The van der Waals surface area contributed by atoms with E-state index in [4.69, 9.17) is 5.73 Å². The van der Waals surface area contributed by atoms with E-state index in [1.807, 2.05) is 0 Å². The van der Waals surface area contributed by atoms with Gasteiger partial charge in [0.15, 0.2) is 0 Å². The van der Waals surface area contributed by atoms with Crippen molar-refractivity contribution >= 4 is 22.9 Å². The largest absolute Gasteiger partial charge is 0.330 e. The first-order valence-corrected chi connectivity index (χ1v) is 3.90. The van der Waals surface area contributed by atoms with Crippen LogP contribution in [0.15, 0.2) is 0 Å². The molecule has 2 N–H and O–H groups in total. The monoisotopic (exact) mass is 226 g/mol. The molecule has 1 saturated heterocycles. The summed E-state index contributed by atoms with van der Waals surface area (Å²) in [6.07, 6.45) is 1.29. The number of hydrogen-bond acceptors (Lipinski definition) is 2. The molecule has 0 radical (unpaired) electrons. The van der Waals surface area contributed by atoms with Gasteiger partial charge in [0.2, 0.25) is 0 Å². The van der Waals surface area contributed by atoms with Crippen LogP contribution in [0.25, 0.3) is 0 Å². The minimum atomic E-state index is 0.770. The molecule has 0 unspecified atom stereocenters. The average molecular weight is 226 g/mol. The van der Waals surface area contributed by atoms with Crippen LogP contribution in [0.4, 0.5) is 0 Å². The second-order valence-corrected chi connectivity index (χ2v) is 3.62. The third-order valence-corrected chi connectivity index (χ3v) is 2.45. The lowest BCUT2D eigenvalue weighted by Crippen LogP contribution is -2.15. The van der Waals surface area contributed by atoms with E-state index >= 15 is 0 Å². The van der Waals surface area contributed by atoms with Crippen LogP contribution >= 0.6 is 22.9 Å². The van der Waals surface area contributed by atoms with E-state index in [0.717, 1.165) is 12.5 Å². The maximum atomic E-state index is 5.47. The number of halogens is 1. The quantitative estimate of drug-likeness (QED) is 0.524. The Hall–Kier alpha value is 0.650. The first-order chi connectivity index (χ1) is 3.83. The van der Waals surface area contributed by atoms with E-state index < -0.39 is 0 Å². The van der Waals surface area contributed by atoms with E-state index in [-0.39, 0.29) is 0 Å². The molecular weight excluding hydrogens is 215 g/mol. The molecule has 0 aromatic heterocycles. The highest BCUT2D eigenvalue weighted by Crippen LogP contribution is 2.17. The highest BCUT2D eigenvalue weighted by atomic mass is 127. The van der Waals surface area contributed by atoms with Gasteiger partial charge < -0.3 is 5.73 Å². The fourth-order valence-corrected chi connectivity index (χ4v) is 1.81. The first kappa shape index (κ1) is 6.77. The molecule has 1 aliphatic rings. The Labute approximate surface area is 63.9 Å². The Bertz CT molecular complexity index is 76.8. The zero-order valence-electron chi connectivity index (χ0n) is 4.81. The van der Waals surface area contributed by atoms with Gasteiger partial charge in [0.1, 0.15) is 0 Å². The fourth-order valence-electron chi connectivity index (χ4n) is 0.978. The highest BCUT2D eigenvalue weighted by molar-refractivity contribution is 14.1. The van der Waals surface area contributed by atoms with Gasteiger partial charge in [0.25, 0.3) is 0 Å². The summed E-state index contributed by atoms with van der Waals surface area (Å²) in [4.78, 5) is 0. The molecular formula is C5H11IN2. The lowest BCUT2D eigenvalue weighted by atomic mass is 10.1. The molecule has 8 heavy (non-hydrogen) atoms. The topological polar surface area (TPSA) is 29.3 Å². The predicted octanol–water partition coefficient (Wildman–Crippen LogP) is 0.617. The van der Waals surface area contributed by atoms with Gasteiger partial charge in [0, 0.05) is 36.0 Å². The normalized spacial score (nSPS) is 31.5. The number of nitrogens with two attached hydrogens (primary N) is 1. The molecule has 0 aliphatic carbocycles. The number of nitrogens with zero attached hydrogens (tertiary/aromatic N) is 1. The predicted molar refractivity (Wildman–Crippen MR) is 42.8 cm³/mol. The first-order valence-electron chi connectivity index (χ1n) is 2.93. The molecule has 0 aromatic rings. The molecule has 1 heterocycles. The van der Waals surface area contributed by atoms with Crippen LogP contribution in [0.2, 0.25) is 0 Å². The van der Waals surface area contributed by atoms with E-state index in [9.17, 15) is 0 Å². The molecule has 1 atom stereocenters. The van der Waals surface area contributed by atoms with Gasteiger partial charge in [-0.2, -0.15) is 0 Å². The minimum Gasteiger partial charge on any atom is -0.330 e. The van der Waals surface area contributed by atoms with Crippen LogP contribution in [0.1, 0.15) is 6.42 Å². The Morgan fingerprint density at radius 1 is 1.75 bits per heavy atom. The van der Waals surface area contributed by atoms with E-state index in [2.05, 4.69) is 26.0 Å². The van der Waals surface area contributed by atoms with Crippen molar-refractivity contribution in [3.05, 3.63) is 0 Å². The zero-order valence-corrected chi connectivity index (χ0v) is 6.97. The molecule has 1 rings (SSSR count). The van der Waals surface area contributed by atoms with Crippen molar-refractivity contribution in [2.75, 3.05) is 19.6 Å². The van der Waals surface area contributed by atoms with Gasteiger partial charge in [-0.05, 0) is 18.9 Å². The Kier molecular flexibility index (Phi) is 2.52. The van der Waals surface area contributed by atoms with Gasteiger partial charge in [-0.25, -0.2) is 3.11 Å². The summed E-state index contributed by atoms with van der Waals surface area (Å²) in [5, 5.41) is 0. The van der Waals surface area contributed by atoms with Gasteiger partial charge in [-0.1, -0.05) is 0 Å². The molecule has 0 saturated carbocycles. The maximum absolute atomic E-state index is 5.47. The molecule has 0 aromatic carbocycles. The highest BCUT2D eigenvalue weighted by Gasteiger charge is 2.18. The van der Waals surface area contributed by atoms with Crippen molar-refractivity contribution in [2.24, 2.45) is 11.7 Å². The standard InChI is InChI=1S/C5H11IN2/c6-8-2-1-5(3-7)4-8/h5H,1-4,7H2/t5-/m0/s1. The van der Waals surface area contributed by atoms with Gasteiger partial charge >= 0.3 is 0 Å².